The van der Waals surface area contributed by atoms with Crippen molar-refractivity contribution in [3.05, 3.63) is 0 Å². The van der Waals surface area contributed by atoms with Crippen LogP contribution in [0.5, 0.6) is 6.01 Å². The Morgan fingerprint density at radius 3 is 2.30 bits per heavy atom. The third kappa shape index (κ3) is 4.07. The van der Waals surface area contributed by atoms with Gasteiger partial charge < -0.3 is 15.4 Å². The highest BCUT2D eigenvalue weighted by Crippen LogP contribution is 2.23. The summed E-state index contributed by atoms with van der Waals surface area (Å²) in [6.07, 6.45) is -3.83. The van der Waals surface area contributed by atoms with Crippen LogP contribution < -0.4 is 15.4 Å². The van der Waals surface area contributed by atoms with Crippen molar-refractivity contribution in [2.75, 3.05) is 30.3 Å². The van der Waals surface area contributed by atoms with Crippen molar-refractivity contribution >= 4 is 11.9 Å². The molecule has 0 aromatic carbocycles. The minimum Gasteiger partial charge on any atom is -0.457 e. The Kier molecular flexibility index (Phi) is 5.28. The number of hydrogen-bond donors (Lipinski definition) is 1. The number of hydrogen-bond acceptors (Lipinski definition) is 6. The fraction of sp³-hybridized carbons (Fsp3) is 0.700. The lowest BCUT2D eigenvalue weighted by atomic mass is 10.4. The number of aromatic nitrogens is 3. The van der Waals surface area contributed by atoms with Gasteiger partial charge in [0, 0.05) is 13.1 Å². The maximum atomic E-state index is 12.7. The molecule has 6 nitrogen and oxygen atoms in total. The SMILES string of the molecule is CCN(CC)c1nc(N)nc(OCC(F)(F)C(F)F)n1. The highest BCUT2D eigenvalue weighted by molar-refractivity contribution is 5.35. The predicted molar refractivity (Wildman–Crippen MR) is 64.2 cm³/mol. The molecule has 1 aromatic heterocycles. The van der Waals surface area contributed by atoms with Crippen LogP contribution in [0, 0.1) is 0 Å². The van der Waals surface area contributed by atoms with Gasteiger partial charge in [-0.05, 0) is 13.8 Å². The molecule has 0 radical (unpaired) electrons. The molecule has 0 aliphatic carbocycles. The van der Waals surface area contributed by atoms with E-state index in [1.165, 1.54) is 0 Å². The molecule has 2 N–H and O–H groups in total. The molecule has 0 aliphatic heterocycles. The molecular weight excluding hydrogens is 282 g/mol. The minimum absolute atomic E-state index is 0.137. The minimum atomic E-state index is -4.28. The molecule has 0 atom stereocenters. The Morgan fingerprint density at radius 2 is 1.80 bits per heavy atom. The van der Waals surface area contributed by atoms with Gasteiger partial charge in [0.15, 0.2) is 6.61 Å². The second kappa shape index (κ2) is 6.53. The average Bonchev–Trinajstić information content (AvgIpc) is 2.37. The number of nitrogens with two attached hydrogens (primary N) is 1. The third-order valence-electron chi connectivity index (χ3n) is 2.38. The van der Waals surface area contributed by atoms with E-state index in [4.69, 9.17) is 5.73 Å². The average molecular weight is 297 g/mol. The zero-order valence-corrected chi connectivity index (χ0v) is 11.0. The molecule has 0 saturated heterocycles. The molecule has 0 saturated carbocycles. The zero-order chi connectivity index (χ0) is 15.3. The van der Waals surface area contributed by atoms with Crippen LogP contribution in [0.4, 0.5) is 29.5 Å². The van der Waals surface area contributed by atoms with Gasteiger partial charge >= 0.3 is 18.4 Å². The first-order valence-electron chi connectivity index (χ1n) is 5.85. The number of alkyl halides is 4. The smallest absolute Gasteiger partial charge is 0.340 e. The van der Waals surface area contributed by atoms with Crippen molar-refractivity contribution in [3.63, 3.8) is 0 Å². The number of nitrogen functional groups attached to an aromatic ring is 1. The van der Waals surface area contributed by atoms with Gasteiger partial charge in [0.2, 0.25) is 11.9 Å². The van der Waals surface area contributed by atoms with Gasteiger partial charge in [0.1, 0.15) is 0 Å². The second-order valence-corrected chi connectivity index (χ2v) is 3.80. The molecule has 0 bridgehead atoms. The first-order valence-corrected chi connectivity index (χ1v) is 5.85. The monoisotopic (exact) mass is 297 g/mol. The molecule has 1 aromatic rings. The number of ether oxygens (including phenoxy) is 1. The van der Waals surface area contributed by atoms with Crippen LogP contribution in [0.25, 0.3) is 0 Å². The molecule has 20 heavy (non-hydrogen) atoms. The van der Waals surface area contributed by atoms with Crippen LogP contribution in [0.1, 0.15) is 13.8 Å². The van der Waals surface area contributed by atoms with Gasteiger partial charge in [-0.3, -0.25) is 0 Å². The van der Waals surface area contributed by atoms with E-state index in [2.05, 4.69) is 19.7 Å². The first-order chi connectivity index (χ1) is 9.30. The van der Waals surface area contributed by atoms with E-state index >= 15 is 0 Å². The summed E-state index contributed by atoms with van der Waals surface area (Å²) in [6.45, 7) is 3.22. The summed E-state index contributed by atoms with van der Waals surface area (Å²) in [4.78, 5) is 12.7. The maximum absolute atomic E-state index is 12.7. The van der Waals surface area contributed by atoms with E-state index in [0.29, 0.717) is 13.1 Å². The predicted octanol–water partition coefficient (Wildman–Crippen LogP) is 1.58. The quantitative estimate of drug-likeness (QED) is 0.770. The van der Waals surface area contributed by atoms with Gasteiger partial charge in [-0.15, -0.1) is 0 Å². The summed E-state index contributed by atoms with van der Waals surface area (Å²) >= 11 is 0. The topological polar surface area (TPSA) is 77.2 Å². The van der Waals surface area contributed by atoms with Crippen molar-refractivity contribution in [2.24, 2.45) is 0 Å². The molecule has 0 fully saturated rings. The Morgan fingerprint density at radius 1 is 1.20 bits per heavy atom. The van der Waals surface area contributed by atoms with Gasteiger partial charge in [-0.25, -0.2) is 8.78 Å². The summed E-state index contributed by atoms with van der Waals surface area (Å²) in [7, 11) is 0. The van der Waals surface area contributed by atoms with E-state index in [1.54, 1.807) is 4.90 Å². The lowest BCUT2D eigenvalue weighted by molar-refractivity contribution is -0.149. The largest absolute Gasteiger partial charge is 0.457 e. The van der Waals surface area contributed by atoms with E-state index in [-0.39, 0.29) is 11.9 Å². The van der Waals surface area contributed by atoms with E-state index in [0.717, 1.165) is 0 Å². The summed E-state index contributed by atoms with van der Waals surface area (Å²) < 4.78 is 54.0. The Hall–Kier alpha value is -1.87. The van der Waals surface area contributed by atoms with Crippen molar-refractivity contribution in [1.29, 1.82) is 0 Å². The maximum Gasteiger partial charge on any atom is 0.340 e. The molecule has 0 amide bonds. The second-order valence-electron chi connectivity index (χ2n) is 3.80. The molecule has 0 unspecified atom stereocenters. The number of rotatable bonds is 7. The van der Waals surface area contributed by atoms with Crippen molar-refractivity contribution in [2.45, 2.75) is 26.2 Å². The Bertz CT molecular complexity index is 442. The lowest BCUT2D eigenvalue weighted by Gasteiger charge is -2.19. The van der Waals surface area contributed by atoms with Crippen LogP contribution in [-0.4, -0.2) is 47.0 Å². The number of anilines is 2. The number of nitrogens with zero attached hydrogens (tertiary/aromatic N) is 4. The van der Waals surface area contributed by atoms with Crippen LogP contribution in [0.2, 0.25) is 0 Å². The highest BCUT2D eigenvalue weighted by atomic mass is 19.3. The molecule has 0 spiro atoms. The summed E-state index contributed by atoms with van der Waals surface area (Å²) in [5.41, 5.74) is 5.40. The van der Waals surface area contributed by atoms with Gasteiger partial charge in [-0.1, -0.05) is 0 Å². The van der Waals surface area contributed by atoms with Gasteiger partial charge in [-0.2, -0.15) is 23.7 Å². The van der Waals surface area contributed by atoms with E-state index < -0.39 is 25.0 Å². The van der Waals surface area contributed by atoms with Crippen LogP contribution >= 0.6 is 0 Å². The lowest BCUT2D eigenvalue weighted by Crippen LogP contribution is -2.34. The highest BCUT2D eigenvalue weighted by Gasteiger charge is 2.42. The van der Waals surface area contributed by atoms with Crippen molar-refractivity contribution in [3.8, 4) is 6.01 Å². The normalized spacial score (nSPS) is 11.8. The molecule has 0 aliphatic rings. The van der Waals surface area contributed by atoms with Crippen molar-refractivity contribution < 1.29 is 22.3 Å². The molecule has 114 valence electrons. The summed E-state index contributed by atoms with van der Waals surface area (Å²) in [5, 5.41) is 0. The Labute approximate surface area is 113 Å². The zero-order valence-electron chi connectivity index (χ0n) is 11.0. The van der Waals surface area contributed by atoms with E-state index in [1.807, 2.05) is 13.8 Å². The molecule has 10 heteroatoms. The molecule has 1 heterocycles. The summed E-state index contributed by atoms with van der Waals surface area (Å²) in [6, 6.07) is -0.514. The number of halogens is 4. The van der Waals surface area contributed by atoms with E-state index in [9.17, 15) is 17.6 Å². The molecular formula is C10H15F4N5O. The van der Waals surface area contributed by atoms with Crippen LogP contribution in [0.3, 0.4) is 0 Å². The Balaban J connectivity index is 2.86. The molecule has 1 rings (SSSR count). The van der Waals surface area contributed by atoms with Crippen LogP contribution in [-0.2, 0) is 0 Å². The third-order valence-corrected chi connectivity index (χ3v) is 2.38. The fourth-order valence-electron chi connectivity index (χ4n) is 1.30. The van der Waals surface area contributed by atoms with Gasteiger partial charge in [0.25, 0.3) is 0 Å². The van der Waals surface area contributed by atoms with Gasteiger partial charge in [0.05, 0.1) is 0 Å². The van der Waals surface area contributed by atoms with Crippen LogP contribution in [0.15, 0.2) is 0 Å². The standard InChI is InChI=1S/C10H15F4N5O/c1-3-19(4-2)8-16-7(15)17-9(18-8)20-5-10(13,14)6(11)12/h6H,3-5H2,1-2H3,(H2,15,16,17,18). The fourth-order valence-corrected chi connectivity index (χ4v) is 1.30. The van der Waals surface area contributed by atoms with Crippen molar-refractivity contribution in [1.82, 2.24) is 15.0 Å². The first kappa shape index (κ1) is 16.2. The summed E-state index contributed by atoms with van der Waals surface area (Å²) in [5.74, 6) is -4.38.